The van der Waals surface area contributed by atoms with E-state index in [-0.39, 0.29) is 5.91 Å². The standard InChI is InChI=1S/C14H16N4O/c1-18(2)13-12(4-3-7-16-13)14(19)17-10-11-5-8-15-9-6-11/h3-9H,10H2,1-2H3,(H,17,19). The van der Waals surface area contributed by atoms with Crippen molar-refractivity contribution in [3.8, 4) is 0 Å². The molecule has 0 spiro atoms. The molecule has 0 saturated heterocycles. The number of hydrogen-bond acceptors (Lipinski definition) is 4. The zero-order valence-electron chi connectivity index (χ0n) is 11.0. The first-order valence-corrected chi connectivity index (χ1v) is 5.98. The van der Waals surface area contributed by atoms with Crippen LogP contribution in [0.3, 0.4) is 0 Å². The second kappa shape index (κ2) is 5.95. The topological polar surface area (TPSA) is 58.1 Å². The SMILES string of the molecule is CN(C)c1ncccc1C(=O)NCc1ccncc1. The van der Waals surface area contributed by atoms with Crippen molar-refractivity contribution in [1.82, 2.24) is 15.3 Å². The van der Waals surface area contributed by atoms with E-state index in [2.05, 4.69) is 15.3 Å². The summed E-state index contributed by atoms with van der Waals surface area (Å²) in [7, 11) is 3.73. The van der Waals surface area contributed by atoms with Crippen molar-refractivity contribution >= 4 is 11.7 Å². The van der Waals surface area contributed by atoms with Crippen LogP contribution < -0.4 is 10.2 Å². The Hall–Kier alpha value is -2.43. The molecule has 0 fully saturated rings. The molecule has 19 heavy (non-hydrogen) atoms. The molecule has 2 rings (SSSR count). The highest BCUT2D eigenvalue weighted by atomic mass is 16.1. The first-order valence-electron chi connectivity index (χ1n) is 5.98. The largest absolute Gasteiger partial charge is 0.362 e. The van der Waals surface area contributed by atoms with E-state index in [0.29, 0.717) is 17.9 Å². The van der Waals surface area contributed by atoms with Gasteiger partial charge in [0.15, 0.2) is 0 Å². The van der Waals surface area contributed by atoms with Gasteiger partial charge in [-0.15, -0.1) is 0 Å². The predicted molar refractivity (Wildman–Crippen MR) is 74.0 cm³/mol. The molecule has 0 radical (unpaired) electrons. The molecule has 0 aliphatic heterocycles. The Morgan fingerprint density at radius 3 is 2.63 bits per heavy atom. The molecule has 2 heterocycles. The van der Waals surface area contributed by atoms with Crippen LogP contribution in [0.5, 0.6) is 0 Å². The lowest BCUT2D eigenvalue weighted by atomic mass is 10.2. The van der Waals surface area contributed by atoms with E-state index in [9.17, 15) is 4.79 Å². The monoisotopic (exact) mass is 256 g/mol. The van der Waals surface area contributed by atoms with Gasteiger partial charge in [0.1, 0.15) is 5.82 Å². The van der Waals surface area contributed by atoms with Crippen LogP contribution in [-0.2, 0) is 6.54 Å². The lowest BCUT2D eigenvalue weighted by molar-refractivity contribution is 0.0951. The van der Waals surface area contributed by atoms with Crippen LogP contribution in [0.25, 0.3) is 0 Å². The first-order chi connectivity index (χ1) is 9.18. The van der Waals surface area contributed by atoms with Crippen LogP contribution in [-0.4, -0.2) is 30.0 Å². The van der Waals surface area contributed by atoms with Gasteiger partial charge in [-0.25, -0.2) is 4.98 Å². The summed E-state index contributed by atoms with van der Waals surface area (Å²) in [5.74, 6) is 0.531. The van der Waals surface area contributed by atoms with E-state index in [0.717, 1.165) is 5.56 Å². The Labute approximate surface area is 112 Å². The van der Waals surface area contributed by atoms with Crippen molar-refractivity contribution in [2.24, 2.45) is 0 Å². The van der Waals surface area contributed by atoms with Crippen LogP contribution in [0.4, 0.5) is 5.82 Å². The van der Waals surface area contributed by atoms with Gasteiger partial charge in [0, 0.05) is 39.2 Å². The van der Waals surface area contributed by atoms with Gasteiger partial charge in [0.25, 0.3) is 5.91 Å². The third kappa shape index (κ3) is 3.28. The predicted octanol–water partition coefficient (Wildman–Crippen LogP) is 1.47. The Morgan fingerprint density at radius 1 is 1.21 bits per heavy atom. The summed E-state index contributed by atoms with van der Waals surface area (Å²) < 4.78 is 0. The highest BCUT2D eigenvalue weighted by molar-refractivity contribution is 5.98. The minimum absolute atomic E-state index is 0.131. The summed E-state index contributed by atoms with van der Waals surface area (Å²) in [6.45, 7) is 0.475. The molecular weight excluding hydrogens is 240 g/mol. The smallest absolute Gasteiger partial charge is 0.255 e. The second-order valence-electron chi connectivity index (χ2n) is 4.31. The number of hydrogen-bond donors (Lipinski definition) is 1. The van der Waals surface area contributed by atoms with Crippen LogP contribution in [0.15, 0.2) is 42.9 Å². The average Bonchev–Trinajstić information content (AvgIpc) is 2.46. The highest BCUT2D eigenvalue weighted by Gasteiger charge is 2.12. The summed E-state index contributed by atoms with van der Waals surface area (Å²) in [4.78, 5) is 22.1. The molecule has 2 aromatic heterocycles. The normalized spacial score (nSPS) is 10.0. The van der Waals surface area contributed by atoms with Crippen molar-refractivity contribution in [3.63, 3.8) is 0 Å². The van der Waals surface area contributed by atoms with Gasteiger partial charge < -0.3 is 10.2 Å². The van der Waals surface area contributed by atoms with Crippen molar-refractivity contribution < 1.29 is 4.79 Å². The summed E-state index contributed by atoms with van der Waals surface area (Å²) in [6, 6.07) is 7.27. The van der Waals surface area contributed by atoms with Gasteiger partial charge in [0.05, 0.1) is 5.56 Å². The molecule has 0 saturated carbocycles. The molecule has 5 heteroatoms. The van der Waals surface area contributed by atoms with Crippen molar-refractivity contribution in [2.75, 3.05) is 19.0 Å². The molecule has 1 N–H and O–H groups in total. The third-order valence-corrected chi connectivity index (χ3v) is 2.66. The van der Waals surface area contributed by atoms with Crippen molar-refractivity contribution in [1.29, 1.82) is 0 Å². The van der Waals surface area contributed by atoms with Gasteiger partial charge in [-0.1, -0.05) is 0 Å². The Balaban J connectivity index is 2.08. The van der Waals surface area contributed by atoms with Crippen molar-refractivity contribution in [3.05, 3.63) is 54.0 Å². The number of anilines is 1. The first kappa shape index (κ1) is 13.0. The van der Waals surface area contributed by atoms with E-state index >= 15 is 0 Å². The minimum atomic E-state index is -0.131. The van der Waals surface area contributed by atoms with Gasteiger partial charge in [-0.2, -0.15) is 0 Å². The Kier molecular flexibility index (Phi) is 4.07. The summed E-state index contributed by atoms with van der Waals surface area (Å²) in [5, 5.41) is 2.88. The van der Waals surface area contributed by atoms with Crippen LogP contribution in [0.2, 0.25) is 0 Å². The Morgan fingerprint density at radius 2 is 1.95 bits per heavy atom. The molecule has 0 atom stereocenters. The highest BCUT2D eigenvalue weighted by Crippen LogP contribution is 2.14. The van der Waals surface area contributed by atoms with Crippen LogP contribution >= 0.6 is 0 Å². The van der Waals surface area contributed by atoms with Gasteiger partial charge in [-0.05, 0) is 29.8 Å². The quantitative estimate of drug-likeness (QED) is 0.900. The minimum Gasteiger partial charge on any atom is -0.362 e. The average molecular weight is 256 g/mol. The van der Waals surface area contributed by atoms with Gasteiger partial charge in [0.2, 0.25) is 0 Å². The van der Waals surface area contributed by atoms with Crippen LogP contribution in [0, 0.1) is 0 Å². The lowest BCUT2D eigenvalue weighted by Crippen LogP contribution is -2.25. The third-order valence-electron chi connectivity index (χ3n) is 2.66. The van der Waals surface area contributed by atoms with Gasteiger partial charge in [-0.3, -0.25) is 9.78 Å². The molecular formula is C14H16N4O. The summed E-state index contributed by atoms with van der Waals surface area (Å²) in [6.07, 6.45) is 5.09. The number of carbonyl (C=O) groups is 1. The maximum absolute atomic E-state index is 12.1. The molecule has 0 aliphatic rings. The number of pyridine rings is 2. The molecule has 0 unspecified atom stereocenters. The van der Waals surface area contributed by atoms with Crippen molar-refractivity contribution in [2.45, 2.75) is 6.54 Å². The maximum Gasteiger partial charge on any atom is 0.255 e. The van der Waals surface area contributed by atoms with Gasteiger partial charge >= 0.3 is 0 Å². The van der Waals surface area contributed by atoms with E-state index in [1.54, 1.807) is 30.7 Å². The van der Waals surface area contributed by atoms with Crippen LogP contribution in [0.1, 0.15) is 15.9 Å². The fraction of sp³-hybridized carbons (Fsp3) is 0.214. The fourth-order valence-corrected chi connectivity index (χ4v) is 1.71. The Bertz CT molecular complexity index is 554. The number of nitrogens with one attached hydrogen (secondary N) is 1. The number of rotatable bonds is 4. The number of aromatic nitrogens is 2. The molecule has 2 aromatic rings. The number of nitrogens with zero attached hydrogens (tertiary/aromatic N) is 3. The zero-order chi connectivity index (χ0) is 13.7. The number of amides is 1. The maximum atomic E-state index is 12.1. The lowest BCUT2D eigenvalue weighted by Gasteiger charge is -2.15. The molecule has 0 bridgehead atoms. The summed E-state index contributed by atoms with van der Waals surface area (Å²) >= 11 is 0. The van der Waals surface area contributed by atoms with E-state index in [1.807, 2.05) is 31.1 Å². The van der Waals surface area contributed by atoms with E-state index in [4.69, 9.17) is 0 Å². The molecule has 0 aromatic carbocycles. The van der Waals surface area contributed by atoms with E-state index in [1.165, 1.54) is 0 Å². The molecule has 5 nitrogen and oxygen atoms in total. The fourth-order valence-electron chi connectivity index (χ4n) is 1.71. The van der Waals surface area contributed by atoms with E-state index < -0.39 is 0 Å². The molecule has 0 aliphatic carbocycles. The summed E-state index contributed by atoms with van der Waals surface area (Å²) in [5.41, 5.74) is 1.58. The zero-order valence-corrected chi connectivity index (χ0v) is 11.0. The molecule has 1 amide bonds. The number of carbonyl (C=O) groups excluding carboxylic acids is 1. The second-order valence-corrected chi connectivity index (χ2v) is 4.31. The molecule has 98 valence electrons.